The van der Waals surface area contributed by atoms with Crippen LogP contribution >= 0.6 is 23.4 Å². The first-order valence-corrected chi connectivity index (χ1v) is 14.3. The molecule has 0 spiro atoms. The van der Waals surface area contributed by atoms with Crippen molar-refractivity contribution in [2.75, 3.05) is 46.0 Å². The van der Waals surface area contributed by atoms with Crippen LogP contribution in [0.2, 0.25) is 5.02 Å². The van der Waals surface area contributed by atoms with Crippen LogP contribution in [0.15, 0.2) is 76.3 Å². The van der Waals surface area contributed by atoms with Crippen LogP contribution in [0, 0.1) is 0 Å². The van der Waals surface area contributed by atoms with E-state index in [0.29, 0.717) is 28.0 Å². The highest BCUT2D eigenvalue weighted by Crippen LogP contribution is 2.48. The average molecular weight is 567 g/mol. The maximum absolute atomic E-state index is 13.5. The van der Waals surface area contributed by atoms with Gasteiger partial charge in [-0.05, 0) is 24.0 Å². The second-order valence-corrected chi connectivity index (χ2v) is 10.5. The van der Waals surface area contributed by atoms with Crippen LogP contribution < -0.4 is 5.32 Å². The number of amides is 1. The molecule has 1 atom stereocenters. The second kappa shape index (κ2) is 12.8. The van der Waals surface area contributed by atoms with Crippen LogP contribution in [0.3, 0.4) is 0 Å². The van der Waals surface area contributed by atoms with E-state index in [1.807, 2.05) is 58.8 Å². The summed E-state index contributed by atoms with van der Waals surface area (Å²) in [6.07, 6.45) is 0.146. The molecule has 0 saturated carbocycles. The van der Waals surface area contributed by atoms with Crippen LogP contribution in [-0.4, -0.2) is 72.8 Å². The van der Waals surface area contributed by atoms with Gasteiger partial charge in [-0.2, -0.15) is 0 Å². The first-order valence-electron chi connectivity index (χ1n) is 13.1. The minimum atomic E-state index is -0.608. The van der Waals surface area contributed by atoms with Gasteiger partial charge in [-0.1, -0.05) is 71.9 Å². The van der Waals surface area contributed by atoms with Crippen LogP contribution in [-0.2, 0) is 19.1 Å². The number of fused-ring (bicyclic) bond motifs is 1. The zero-order chi connectivity index (χ0) is 27.2. The number of hydrogen-bond donors (Lipinski definition) is 1. The van der Waals surface area contributed by atoms with Crippen LogP contribution in [0.5, 0.6) is 0 Å². The number of ether oxygens (including phenoxy) is 2. The molecular formula is C29H31ClN4O4S. The highest BCUT2D eigenvalue weighted by Gasteiger charge is 2.43. The molecule has 3 heterocycles. The summed E-state index contributed by atoms with van der Waals surface area (Å²) in [7, 11) is 0. The Kier molecular flexibility index (Phi) is 9.03. The molecule has 1 amide bonds. The smallest absolute Gasteiger partial charge is 0.338 e. The van der Waals surface area contributed by atoms with E-state index in [1.165, 1.54) is 11.8 Å². The number of aliphatic imine (C=N–C) groups is 1. The molecular weight excluding hydrogens is 536 g/mol. The van der Waals surface area contributed by atoms with E-state index < -0.39 is 12.0 Å². The number of halogens is 1. The number of carbonyl (C=O) groups excluding carboxylic acids is 2. The second-order valence-electron chi connectivity index (χ2n) is 9.24. The SMILES string of the molecule is CCOC(=O)C1=C(c2ccccc2)N=C2SC=C(CC(=O)NCCN3CCOCC3)N2[C@@H]1c1ccccc1Cl. The first kappa shape index (κ1) is 27.5. The van der Waals surface area contributed by atoms with Crippen molar-refractivity contribution in [3.8, 4) is 0 Å². The van der Waals surface area contributed by atoms with E-state index in [-0.39, 0.29) is 18.9 Å². The fourth-order valence-electron chi connectivity index (χ4n) is 4.88. The standard InChI is InChI=1S/C29H31ClN4O4S/c1-2-38-28(36)25-26(20-8-4-3-5-9-20)32-29-34(27(25)22-10-6-7-11-23(22)30)21(19-39-29)18-24(35)31-12-13-33-14-16-37-17-15-33/h3-11,19,27H,2,12-18H2,1H3,(H,31,35)/t27-/m1/s1. The van der Waals surface area contributed by atoms with E-state index in [9.17, 15) is 9.59 Å². The maximum atomic E-state index is 13.5. The summed E-state index contributed by atoms with van der Waals surface area (Å²) in [5.74, 6) is -0.555. The van der Waals surface area contributed by atoms with Gasteiger partial charge in [0.2, 0.25) is 5.91 Å². The van der Waals surface area contributed by atoms with Gasteiger partial charge in [0.05, 0.1) is 43.6 Å². The largest absolute Gasteiger partial charge is 0.463 e. The Balaban J connectivity index is 1.46. The van der Waals surface area contributed by atoms with E-state index in [0.717, 1.165) is 49.7 Å². The third-order valence-electron chi connectivity index (χ3n) is 6.75. The number of nitrogens with one attached hydrogen (secondary N) is 1. The van der Waals surface area contributed by atoms with Gasteiger partial charge >= 0.3 is 5.97 Å². The predicted molar refractivity (Wildman–Crippen MR) is 154 cm³/mol. The lowest BCUT2D eigenvalue weighted by Gasteiger charge is -2.37. The van der Waals surface area contributed by atoms with E-state index in [2.05, 4.69) is 10.2 Å². The van der Waals surface area contributed by atoms with Crippen molar-refractivity contribution < 1.29 is 19.1 Å². The summed E-state index contributed by atoms with van der Waals surface area (Å²) in [6.45, 7) is 6.52. The van der Waals surface area contributed by atoms with Crippen LogP contribution in [0.25, 0.3) is 5.70 Å². The molecule has 0 aliphatic carbocycles. The molecule has 3 aliphatic heterocycles. The predicted octanol–water partition coefficient (Wildman–Crippen LogP) is 4.45. The summed E-state index contributed by atoms with van der Waals surface area (Å²) in [4.78, 5) is 35.7. The molecule has 0 unspecified atom stereocenters. The van der Waals surface area contributed by atoms with Crippen molar-refractivity contribution in [3.05, 3.63) is 87.4 Å². The van der Waals surface area contributed by atoms with E-state index in [1.54, 1.807) is 13.0 Å². The number of morpholine rings is 1. The highest BCUT2D eigenvalue weighted by molar-refractivity contribution is 8.16. The van der Waals surface area contributed by atoms with Crippen LogP contribution in [0.4, 0.5) is 0 Å². The molecule has 0 bridgehead atoms. The molecule has 2 aromatic rings. The monoisotopic (exact) mass is 566 g/mol. The Hall–Kier alpha value is -3.11. The molecule has 5 rings (SSSR count). The van der Waals surface area contributed by atoms with E-state index >= 15 is 0 Å². The maximum Gasteiger partial charge on any atom is 0.338 e. The summed E-state index contributed by atoms with van der Waals surface area (Å²) in [5, 5.41) is 6.17. The summed E-state index contributed by atoms with van der Waals surface area (Å²) in [5.41, 5.74) is 3.23. The Labute approximate surface area is 237 Å². The number of amidine groups is 1. The molecule has 8 nitrogen and oxygen atoms in total. The fraction of sp³-hybridized carbons (Fsp3) is 0.345. The lowest BCUT2D eigenvalue weighted by molar-refractivity contribution is -0.139. The zero-order valence-corrected chi connectivity index (χ0v) is 23.3. The molecule has 2 aromatic carbocycles. The molecule has 0 radical (unpaired) electrons. The minimum Gasteiger partial charge on any atom is -0.463 e. The van der Waals surface area contributed by atoms with Crippen molar-refractivity contribution in [1.82, 2.24) is 15.1 Å². The molecule has 1 N–H and O–H groups in total. The number of carbonyl (C=O) groups is 2. The van der Waals surface area contributed by atoms with Crippen molar-refractivity contribution in [3.63, 3.8) is 0 Å². The summed E-state index contributed by atoms with van der Waals surface area (Å²) < 4.78 is 10.9. The number of thioether (sulfide) groups is 1. The third kappa shape index (κ3) is 6.22. The van der Waals surface area contributed by atoms with Crippen molar-refractivity contribution in [2.45, 2.75) is 19.4 Å². The quantitative estimate of drug-likeness (QED) is 0.449. The van der Waals surface area contributed by atoms with Gasteiger partial charge in [0, 0.05) is 42.5 Å². The summed E-state index contributed by atoms with van der Waals surface area (Å²) in [6, 6.07) is 16.4. The Morgan fingerprint density at radius 2 is 1.87 bits per heavy atom. The molecule has 0 aromatic heterocycles. The minimum absolute atomic E-state index is 0.0928. The van der Waals surface area contributed by atoms with Crippen molar-refractivity contribution >= 4 is 46.1 Å². The van der Waals surface area contributed by atoms with Crippen LogP contribution in [0.1, 0.15) is 30.5 Å². The molecule has 10 heteroatoms. The molecule has 204 valence electrons. The number of hydrogen-bond acceptors (Lipinski definition) is 8. The average Bonchev–Trinajstić information content (AvgIpc) is 3.35. The van der Waals surface area contributed by atoms with Gasteiger partial charge in [0.15, 0.2) is 5.17 Å². The van der Waals surface area contributed by atoms with Gasteiger partial charge in [-0.15, -0.1) is 0 Å². The highest BCUT2D eigenvalue weighted by atomic mass is 35.5. The van der Waals surface area contributed by atoms with Gasteiger partial charge in [-0.3, -0.25) is 9.69 Å². The van der Waals surface area contributed by atoms with Crippen molar-refractivity contribution in [1.29, 1.82) is 0 Å². The number of rotatable bonds is 9. The van der Waals surface area contributed by atoms with Gasteiger partial charge in [-0.25, -0.2) is 9.79 Å². The Morgan fingerprint density at radius 1 is 1.13 bits per heavy atom. The normalized spacial score (nSPS) is 19.3. The third-order valence-corrected chi connectivity index (χ3v) is 7.98. The number of esters is 1. The number of benzene rings is 2. The fourth-order valence-corrected chi connectivity index (χ4v) is 6.04. The topological polar surface area (TPSA) is 83.5 Å². The Bertz CT molecular complexity index is 1310. The Morgan fingerprint density at radius 3 is 2.62 bits per heavy atom. The zero-order valence-electron chi connectivity index (χ0n) is 21.8. The van der Waals surface area contributed by atoms with Gasteiger partial charge in [0.25, 0.3) is 0 Å². The van der Waals surface area contributed by atoms with Gasteiger partial charge in [0.1, 0.15) is 0 Å². The lowest BCUT2D eigenvalue weighted by atomic mass is 9.91. The van der Waals surface area contributed by atoms with Gasteiger partial charge < -0.3 is 19.7 Å². The molecule has 1 fully saturated rings. The molecule has 1 saturated heterocycles. The number of nitrogens with zero attached hydrogens (tertiary/aromatic N) is 3. The van der Waals surface area contributed by atoms with Crippen molar-refractivity contribution in [2.24, 2.45) is 4.99 Å². The lowest BCUT2D eigenvalue weighted by Crippen LogP contribution is -2.42. The first-order chi connectivity index (χ1) is 19.1. The summed E-state index contributed by atoms with van der Waals surface area (Å²) >= 11 is 8.16. The molecule has 3 aliphatic rings. The molecule has 39 heavy (non-hydrogen) atoms. The van der Waals surface area contributed by atoms with E-state index in [4.69, 9.17) is 26.1 Å².